The highest BCUT2D eigenvalue weighted by atomic mass is 32.2. The molecule has 0 aliphatic rings. The van der Waals surface area contributed by atoms with Crippen LogP contribution < -0.4 is 10.5 Å². The highest BCUT2D eigenvalue weighted by Crippen LogP contribution is 2.12. The fourth-order valence-corrected chi connectivity index (χ4v) is 1.97. The summed E-state index contributed by atoms with van der Waals surface area (Å²) >= 11 is 0. The zero-order valence-corrected chi connectivity index (χ0v) is 11.1. The van der Waals surface area contributed by atoms with Gasteiger partial charge in [-0.3, -0.25) is 0 Å². The molecule has 0 fully saturated rings. The van der Waals surface area contributed by atoms with Crippen LogP contribution in [0.1, 0.15) is 38.9 Å². The van der Waals surface area contributed by atoms with Crippen LogP contribution >= 0.6 is 0 Å². The number of nitrogens with two attached hydrogens (primary N) is 1. The van der Waals surface area contributed by atoms with E-state index in [0.717, 1.165) is 6.42 Å². The summed E-state index contributed by atoms with van der Waals surface area (Å²) in [6.07, 6.45) is 3.44. The Labute approximate surface area is 102 Å². The van der Waals surface area contributed by atoms with E-state index in [-0.39, 0.29) is 5.09 Å². The van der Waals surface area contributed by atoms with Gasteiger partial charge in [-0.1, -0.05) is 19.8 Å². The number of sulfonamides is 1. The van der Waals surface area contributed by atoms with Crippen LogP contribution in [0.5, 0.6) is 0 Å². The van der Waals surface area contributed by atoms with Crippen LogP contribution in [0.4, 0.5) is 0 Å². The fraction of sp³-hybridized carbons (Fsp3) is 0.636. The van der Waals surface area contributed by atoms with Crippen LogP contribution in [0.15, 0.2) is 21.6 Å². The van der Waals surface area contributed by atoms with E-state index >= 15 is 0 Å². The van der Waals surface area contributed by atoms with Gasteiger partial charge in [0.05, 0.1) is 6.54 Å². The lowest BCUT2D eigenvalue weighted by atomic mass is 10.1. The van der Waals surface area contributed by atoms with Crippen molar-refractivity contribution in [3.8, 4) is 0 Å². The molecule has 0 amide bonds. The molecule has 0 spiro atoms. The topological polar surface area (TPSA) is 85.3 Å². The first-order valence-electron chi connectivity index (χ1n) is 5.78. The first kappa shape index (κ1) is 14.2. The molecule has 1 aromatic rings. The number of furan rings is 1. The largest absolute Gasteiger partial charge is 0.447 e. The van der Waals surface area contributed by atoms with Gasteiger partial charge < -0.3 is 9.73 Å². The molecule has 0 saturated carbocycles. The van der Waals surface area contributed by atoms with Crippen LogP contribution in [0, 0.1) is 0 Å². The van der Waals surface area contributed by atoms with Gasteiger partial charge in [0.15, 0.2) is 0 Å². The van der Waals surface area contributed by atoms with Gasteiger partial charge in [-0.15, -0.1) is 0 Å². The van der Waals surface area contributed by atoms with Crippen molar-refractivity contribution in [1.82, 2.24) is 5.32 Å². The van der Waals surface area contributed by atoms with Crippen molar-refractivity contribution >= 4 is 10.0 Å². The highest BCUT2D eigenvalue weighted by molar-refractivity contribution is 7.89. The van der Waals surface area contributed by atoms with Gasteiger partial charge in [-0.2, -0.15) is 0 Å². The Kier molecular flexibility index (Phi) is 5.17. The zero-order chi connectivity index (χ0) is 12.9. The molecule has 0 aliphatic carbocycles. The minimum absolute atomic E-state index is 0.185. The molecule has 0 saturated heterocycles. The standard InChI is InChI=1S/C11H20N2O3S/c1-3-4-5-9(2)13-8-10-6-7-11(16-10)17(12,14)15/h6-7,9,13H,3-5,8H2,1-2H3,(H2,12,14,15). The van der Waals surface area contributed by atoms with E-state index in [0.29, 0.717) is 18.3 Å². The number of primary sulfonamides is 1. The van der Waals surface area contributed by atoms with Crippen LogP contribution in [0.2, 0.25) is 0 Å². The van der Waals surface area contributed by atoms with Crippen molar-refractivity contribution in [2.45, 2.75) is 50.8 Å². The van der Waals surface area contributed by atoms with Crippen LogP contribution in [-0.4, -0.2) is 14.5 Å². The third-order valence-corrected chi connectivity index (χ3v) is 3.31. The first-order chi connectivity index (χ1) is 7.93. The average Bonchev–Trinajstić information content (AvgIpc) is 2.71. The number of hydrogen-bond acceptors (Lipinski definition) is 4. The second-order valence-corrected chi connectivity index (χ2v) is 5.68. The SMILES string of the molecule is CCCCC(C)NCc1ccc(S(N)(=O)=O)o1. The molecule has 98 valence electrons. The quantitative estimate of drug-likeness (QED) is 0.779. The van der Waals surface area contributed by atoms with E-state index in [1.807, 2.05) is 0 Å². The Morgan fingerprint density at radius 2 is 2.18 bits per heavy atom. The molecule has 1 rings (SSSR count). The minimum atomic E-state index is -3.73. The normalized spacial score (nSPS) is 13.8. The van der Waals surface area contributed by atoms with Crippen molar-refractivity contribution in [3.05, 3.63) is 17.9 Å². The molecule has 1 unspecified atom stereocenters. The summed E-state index contributed by atoms with van der Waals surface area (Å²) in [5, 5.41) is 8.03. The van der Waals surface area contributed by atoms with Crippen molar-refractivity contribution in [3.63, 3.8) is 0 Å². The highest BCUT2D eigenvalue weighted by Gasteiger charge is 2.13. The van der Waals surface area contributed by atoms with Crippen LogP contribution in [0.3, 0.4) is 0 Å². The molecule has 3 N–H and O–H groups in total. The second kappa shape index (κ2) is 6.18. The molecule has 1 aromatic heterocycles. The number of nitrogens with one attached hydrogen (secondary N) is 1. The Morgan fingerprint density at radius 3 is 2.71 bits per heavy atom. The maximum atomic E-state index is 11.0. The summed E-state index contributed by atoms with van der Waals surface area (Å²) < 4.78 is 27.1. The lowest BCUT2D eigenvalue weighted by molar-refractivity contribution is 0.386. The van der Waals surface area contributed by atoms with E-state index < -0.39 is 10.0 Å². The Balaban J connectivity index is 2.45. The smallest absolute Gasteiger partial charge is 0.271 e. The molecular formula is C11H20N2O3S. The van der Waals surface area contributed by atoms with Crippen molar-refractivity contribution in [2.24, 2.45) is 5.14 Å². The maximum Gasteiger partial charge on any atom is 0.271 e. The van der Waals surface area contributed by atoms with Gasteiger partial charge in [0, 0.05) is 6.04 Å². The number of hydrogen-bond donors (Lipinski definition) is 2. The van der Waals surface area contributed by atoms with Gasteiger partial charge in [0.2, 0.25) is 5.09 Å². The van der Waals surface area contributed by atoms with Crippen LogP contribution in [-0.2, 0) is 16.6 Å². The summed E-state index contributed by atoms with van der Waals surface area (Å²) in [4.78, 5) is 0. The second-order valence-electron chi connectivity index (χ2n) is 4.19. The first-order valence-corrected chi connectivity index (χ1v) is 7.33. The van der Waals surface area contributed by atoms with E-state index in [1.165, 1.54) is 18.9 Å². The molecule has 0 aliphatic heterocycles. The predicted octanol–water partition coefficient (Wildman–Crippen LogP) is 1.60. The molecule has 1 heterocycles. The molecule has 0 aromatic carbocycles. The summed E-state index contributed by atoms with van der Waals surface area (Å²) in [5.41, 5.74) is 0. The number of unbranched alkanes of at least 4 members (excludes halogenated alkanes) is 1. The summed E-state index contributed by atoms with van der Waals surface area (Å²) in [7, 11) is -3.73. The van der Waals surface area contributed by atoms with Crippen LogP contribution in [0.25, 0.3) is 0 Å². The molecule has 6 heteroatoms. The average molecular weight is 260 g/mol. The summed E-state index contributed by atoms with van der Waals surface area (Å²) in [6, 6.07) is 3.39. The summed E-state index contributed by atoms with van der Waals surface area (Å²) in [5.74, 6) is 0.581. The third-order valence-electron chi connectivity index (χ3n) is 2.53. The zero-order valence-electron chi connectivity index (χ0n) is 10.3. The molecule has 17 heavy (non-hydrogen) atoms. The fourth-order valence-electron chi connectivity index (χ4n) is 1.49. The van der Waals surface area contributed by atoms with E-state index in [4.69, 9.17) is 9.56 Å². The van der Waals surface area contributed by atoms with E-state index in [9.17, 15) is 8.42 Å². The number of rotatable bonds is 7. The van der Waals surface area contributed by atoms with Crippen molar-refractivity contribution < 1.29 is 12.8 Å². The lowest BCUT2D eigenvalue weighted by Gasteiger charge is -2.11. The molecular weight excluding hydrogens is 240 g/mol. The van der Waals surface area contributed by atoms with E-state index in [2.05, 4.69) is 19.2 Å². The van der Waals surface area contributed by atoms with Crippen molar-refractivity contribution in [1.29, 1.82) is 0 Å². The van der Waals surface area contributed by atoms with E-state index in [1.54, 1.807) is 6.07 Å². The molecule has 0 radical (unpaired) electrons. The molecule has 1 atom stereocenters. The maximum absolute atomic E-state index is 11.0. The van der Waals surface area contributed by atoms with Gasteiger partial charge in [-0.25, -0.2) is 13.6 Å². The summed E-state index contributed by atoms with van der Waals surface area (Å²) in [6.45, 7) is 4.76. The van der Waals surface area contributed by atoms with Gasteiger partial charge in [0.25, 0.3) is 10.0 Å². The third kappa shape index (κ3) is 4.89. The van der Waals surface area contributed by atoms with Gasteiger partial charge in [0.1, 0.15) is 5.76 Å². The molecule has 5 nitrogen and oxygen atoms in total. The van der Waals surface area contributed by atoms with Crippen molar-refractivity contribution in [2.75, 3.05) is 0 Å². The predicted molar refractivity (Wildman–Crippen MR) is 65.9 cm³/mol. The van der Waals surface area contributed by atoms with Gasteiger partial charge >= 0.3 is 0 Å². The van der Waals surface area contributed by atoms with Gasteiger partial charge in [-0.05, 0) is 25.5 Å². The minimum Gasteiger partial charge on any atom is -0.447 e. The molecule has 0 bridgehead atoms. The monoisotopic (exact) mass is 260 g/mol. The Hall–Kier alpha value is -0.850. The Bertz CT molecular complexity index is 439. The Morgan fingerprint density at radius 1 is 1.47 bits per heavy atom. The lowest BCUT2D eigenvalue weighted by Crippen LogP contribution is -2.25.